The van der Waals surface area contributed by atoms with E-state index in [9.17, 15) is 13.6 Å². The van der Waals surface area contributed by atoms with Gasteiger partial charge in [0.05, 0.1) is 22.3 Å². The van der Waals surface area contributed by atoms with Crippen molar-refractivity contribution in [1.82, 2.24) is 9.55 Å². The Hall–Kier alpha value is -2.41. The van der Waals surface area contributed by atoms with Crippen LogP contribution in [0.3, 0.4) is 0 Å². The number of benzene rings is 2. The van der Waals surface area contributed by atoms with Gasteiger partial charge in [-0.15, -0.1) is 0 Å². The number of alkyl halides is 2. The number of ketones is 1. The summed E-state index contributed by atoms with van der Waals surface area (Å²) in [4.78, 5) is 16.8. The number of imidazole rings is 1. The average Bonchev–Trinajstić information content (AvgIpc) is 2.89. The van der Waals surface area contributed by atoms with Gasteiger partial charge in [-0.25, -0.2) is 4.98 Å². The number of carbonyl (C=O) groups excluding carboxylic acids is 1. The van der Waals surface area contributed by atoms with Crippen molar-refractivity contribution in [2.45, 2.75) is 11.8 Å². The number of fused-ring (bicyclic) bond motifs is 1. The van der Waals surface area contributed by atoms with Crippen molar-refractivity contribution in [1.29, 1.82) is 0 Å². The summed E-state index contributed by atoms with van der Waals surface area (Å²) in [6.07, 6.45) is 0. The number of rotatable bonds is 6. The van der Waals surface area contributed by atoms with E-state index in [-0.39, 0.29) is 22.8 Å². The molecule has 3 rings (SSSR count). The van der Waals surface area contributed by atoms with E-state index < -0.39 is 6.61 Å². The largest absolute Gasteiger partial charge is 0.434 e. The lowest BCUT2D eigenvalue weighted by molar-refractivity contribution is -0.0501. The number of thioether (sulfide) groups is 1. The van der Waals surface area contributed by atoms with Crippen molar-refractivity contribution < 1.29 is 18.3 Å². The van der Waals surface area contributed by atoms with E-state index in [1.54, 1.807) is 12.1 Å². The second-order valence-electron chi connectivity index (χ2n) is 5.03. The molecule has 0 amide bonds. The minimum Gasteiger partial charge on any atom is -0.434 e. The highest BCUT2D eigenvalue weighted by Crippen LogP contribution is 2.26. The van der Waals surface area contributed by atoms with Crippen LogP contribution >= 0.6 is 11.8 Å². The minimum atomic E-state index is -2.97. The number of carbonyl (C=O) groups is 1. The maximum Gasteiger partial charge on any atom is 0.387 e. The zero-order chi connectivity index (χ0) is 17.1. The fourth-order valence-corrected chi connectivity index (χ4v) is 3.23. The molecule has 0 N–H and O–H groups in total. The van der Waals surface area contributed by atoms with Crippen LogP contribution in [0.15, 0.2) is 53.7 Å². The molecule has 24 heavy (non-hydrogen) atoms. The maximum atomic E-state index is 12.4. The van der Waals surface area contributed by atoms with Gasteiger partial charge >= 0.3 is 6.61 Å². The first-order chi connectivity index (χ1) is 11.6. The Labute approximate surface area is 141 Å². The molecule has 0 fully saturated rings. The van der Waals surface area contributed by atoms with E-state index >= 15 is 0 Å². The second kappa shape index (κ2) is 7.00. The maximum absolute atomic E-state index is 12.4. The molecule has 0 bridgehead atoms. The molecule has 4 nitrogen and oxygen atoms in total. The summed E-state index contributed by atoms with van der Waals surface area (Å²) in [5.41, 5.74) is 1.95. The highest BCUT2D eigenvalue weighted by molar-refractivity contribution is 7.99. The molecule has 3 aromatic rings. The Morgan fingerprint density at radius 3 is 2.67 bits per heavy atom. The van der Waals surface area contributed by atoms with Crippen LogP contribution in [0.2, 0.25) is 0 Å². The van der Waals surface area contributed by atoms with E-state index in [1.165, 1.54) is 23.9 Å². The van der Waals surface area contributed by atoms with Gasteiger partial charge < -0.3 is 9.30 Å². The molecular formula is C17H14F2N2O2S. The van der Waals surface area contributed by atoms with Gasteiger partial charge in [0.2, 0.25) is 0 Å². The van der Waals surface area contributed by atoms with Crippen LogP contribution < -0.4 is 4.74 Å². The lowest BCUT2D eigenvalue weighted by Gasteiger charge is -2.09. The molecule has 7 heteroatoms. The van der Waals surface area contributed by atoms with Crippen LogP contribution in [0.1, 0.15) is 10.4 Å². The number of hydrogen-bond donors (Lipinski definition) is 0. The van der Waals surface area contributed by atoms with Gasteiger partial charge in [0.25, 0.3) is 0 Å². The minimum absolute atomic E-state index is 0.0841. The number of aryl methyl sites for hydroxylation is 1. The van der Waals surface area contributed by atoms with Crippen LogP contribution in [0.5, 0.6) is 5.75 Å². The summed E-state index contributed by atoms with van der Waals surface area (Å²) in [5, 5.41) is 0.691. The van der Waals surface area contributed by atoms with E-state index in [4.69, 9.17) is 0 Å². The Kier molecular flexibility index (Phi) is 4.80. The summed E-state index contributed by atoms with van der Waals surface area (Å²) in [6.45, 7) is -2.97. The molecule has 0 aliphatic rings. The van der Waals surface area contributed by atoms with Crippen molar-refractivity contribution in [2.75, 3.05) is 5.75 Å². The Morgan fingerprint density at radius 2 is 1.92 bits per heavy atom. The summed E-state index contributed by atoms with van der Waals surface area (Å²) < 4.78 is 31.2. The normalized spacial score (nSPS) is 11.2. The fraction of sp³-hybridized carbons (Fsp3) is 0.176. The highest BCUT2D eigenvalue weighted by Gasteiger charge is 2.17. The van der Waals surface area contributed by atoms with Gasteiger partial charge in [-0.2, -0.15) is 8.78 Å². The third-order valence-electron chi connectivity index (χ3n) is 3.48. The third kappa shape index (κ3) is 3.41. The van der Waals surface area contributed by atoms with E-state index in [2.05, 4.69) is 9.72 Å². The molecule has 1 aromatic heterocycles. The molecule has 0 aliphatic heterocycles. The molecule has 0 radical (unpaired) electrons. The topological polar surface area (TPSA) is 44.1 Å². The molecule has 0 unspecified atom stereocenters. The first kappa shape index (κ1) is 16.4. The smallest absolute Gasteiger partial charge is 0.387 e. The molecular weight excluding hydrogens is 334 g/mol. The lowest BCUT2D eigenvalue weighted by Crippen LogP contribution is -2.09. The SMILES string of the molecule is Cn1c(SCC(=O)c2ccccc2OC(F)F)nc2ccccc21. The van der Waals surface area contributed by atoms with Crippen LogP contribution in [-0.2, 0) is 7.05 Å². The van der Waals surface area contributed by atoms with Crippen molar-refractivity contribution in [3.63, 3.8) is 0 Å². The monoisotopic (exact) mass is 348 g/mol. The Bertz CT molecular complexity index is 880. The zero-order valence-corrected chi connectivity index (χ0v) is 13.6. The van der Waals surface area contributed by atoms with Crippen molar-refractivity contribution >= 4 is 28.6 Å². The lowest BCUT2D eigenvalue weighted by atomic mass is 10.1. The molecule has 0 aliphatic carbocycles. The van der Waals surface area contributed by atoms with Gasteiger partial charge in [-0.3, -0.25) is 4.79 Å². The second-order valence-corrected chi connectivity index (χ2v) is 5.97. The van der Waals surface area contributed by atoms with Crippen LogP contribution in [-0.4, -0.2) is 27.7 Å². The number of Topliss-reactive ketones (excluding diaryl/α,β-unsaturated/α-hetero) is 1. The zero-order valence-electron chi connectivity index (χ0n) is 12.8. The van der Waals surface area contributed by atoms with Crippen LogP contribution in [0, 0.1) is 0 Å². The first-order valence-corrected chi connectivity index (χ1v) is 8.16. The standard InChI is InChI=1S/C17H14F2N2O2S/c1-21-13-8-4-3-7-12(13)20-17(21)24-10-14(22)11-6-2-5-9-15(11)23-16(18)19/h2-9,16H,10H2,1H3. The number of hydrogen-bond acceptors (Lipinski definition) is 4. The summed E-state index contributed by atoms with van der Waals surface area (Å²) >= 11 is 1.26. The first-order valence-electron chi connectivity index (χ1n) is 7.17. The van der Waals surface area contributed by atoms with Crippen LogP contribution in [0.25, 0.3) is 11.0 Å². The number of ether oxygens (including phenoxy) is 1. The number of halogens is 2. The van der Waals surface area contributed by atoms with Gasteiger partial charge in [0.1, 0.15) is 5.75 Å². The number of aromatic nitrogens is 2. The van der Waals surface area contributed by atoms with E-state index in [0.717, 1.165) is 11.0 Å². The molecule has 0 spiro atoms. The summed E-state index contributed by atoms with van der Waals surface area (Å²) in [7, 11) is 1.87. The molecule has 1 heterocycles. The van der Waals surface area contributed by atoms with Crippen molar-refractivity contribution in [2.24, 2.45) is 7.05 Å². The predicted molar refractivity (Wildman–Crippen MR) is 88.8 cm³/mol. The average molecular weight is 348 g/mol. The van der Waals surface area contributed by atoms with Gasteiger partial charge in [0, 0.05) is 7.05 Å². The molecule has 2 aromatic carbocycles. The van der Waals surface area contributed by atoms with Gasteiger partial charge in [0.15, 0.2) is 10.9 Å². The summed E-state index contributed by atoms with van der Waals surface area (Å²) in [6, 6.07) is 13.7. The molecule has 124 valence electrons. The Morgan fingerprint density at radius 1 is 1.21 bits per heavy atom. The third-order valence-corrected chi connectivity index (χ3v) is 4.51. The fourth-order valence-electron chi connectivity index (χ4n) is 2.36. The van der Waals surface area contributed by atoms with Gasteiger partial charge in [-0.05, 0) is 24.3 Å². The summed E-state index contributed by atoms with van der Waals surface area (Å²) in [5.74, 6) is -0.313. The van der Waals surface area contributed by atoms with E-state index in [0.29, 0.717) is 5.16 Å². The van der Waals surface area contributed by atoms with Crippen molar-refractivity contribution in [3.05, 3.63) is 54.1 Å². The number of nitrogens with zero attached hydrogens (tertiary/aromatic N) is 2. The predicted octanol–water partition coefficient (Wildman–Crippen LogP) is 4.15. The van der Waals surface area contributed by atoms with Crippen LogP contribution in [0.4, 0.5) is 8.78 Å². The quantitative estimate of drug-likeness (QED) is 0.496. The van der Waals surface area contributed by atoms with Crippen molar-refractivity contribution in [3.8, 4) is 5.75 Å². The molecule has 0 saturated heterocycles. The van der Waals surface area contributed by atoms with Gasteiger partial charge in [-0.1, -0.05) is 36.0 Å². The molecule has 0 atom stereocenters. The molecule has 0 saturated carbocycles. The highest BCUT2D eigenvalue weighted by atomic mass is 32.2. The number of para-hydroxylation sites is 3. The Balaban J connectivity index is 1.77. The van der Waals surface area contributed by atoms with E-state index in [1.807, 2.05) is 35.9 Å².